The Morgan fingerprint density at radius 2 is 2.19 bits per heavy atom. The quantitative estimate of drug-likeness (QED) is 0.718. The number of amides is 1. The Labute approximate surface area is 128 Å². The fourth-order valence-electron chi connectivity index (χ4n) is 1.78. The minimum absolute atomic E-state index is 0.283. The number of anilines is 1. The molecule has 7 nitrogen and oxygen atoms in total. The zero-order valence-corrected chi connectivity index (χ0v) is 12.7. The van der Waals surface area contributed by atoms with E-state index in [0.29, 0.717) is 15.7 Å². The highest BCUT2D eigenvalue weighted by molar-refractivity contribution is 9.10. The summed E-state index contributed by atoms with van der Waals surface area (Å²) in [6.07, 6.45) is 2.93. The molecular weight excluding hydrogens is 340 g/mol. The molecule has 1 aromatic carbocycles. The normalized spacial score (nSPS) is 11.9. The Hall–Kier alpha value is -2.35. The summed E-state index contributed by atoms with van der Waals surface area (Å²) in [6.45, 7) is 0. The number of benzene rings is 1. The van der Waals surface area contributed by atoms with Crippen molar-refractivity contribution in [3.05, 3.63) is 46.2 Å². The first-order valence-corrected chi connectivity index (χ1v) is 6.75. The van der Waals surface area contributed by atoms with Crippen molar-refractivity contribution in [2.45, 2.75) is 6.04 Å². The van der Waals surface area contributed by atoms with Gasteiger partial charge in [-0.05, 0) is 34.1 Å². The number of carboxylic acids is 1. The van der Waals surface area contributed by atoms with Crippen molar-refractivity contribution < 1.29 is 14.7 Å². The first-order chi connectivity index (χ1) is 9.88. The number of nitrogens with zero attached hydrogens (tertiary/aromatic N) is 2. The summed E-state index contributed by atoms with van der Waals surface area (Å²) >= 11 is 3.23. The summed E-state index contributed by atoms with van der Waals surface area (Å²) in [5.41, 5.74) is 6.78. The standard InChI is InChI=1S/C13H13BrN4O3/c1-18-6-8(5-16-18)11(13(20)21)17-12(19)7-2-3-9(14)10(15)4-7/h2-6,11H,15H2,1H3,(H,17,19)(H,20,21). The molecule has 2 rings (SSSR count). The topological polar surface area (TPSA) is 110 Å². The van der Waals surface area contributed by atoms with Crippen molar-refractivity contribution in [1.29, 1.82) is 0 Å². The number of carboxylic acid groups (broad SMARTS) is 1. The lowest BCUT2D eigenvalue weighted by Crippen LogP contribution is -2.33. The summed E-state index contributed by atoms with van der Waals surface area (Å²) in [5, 5.41) is 15.6. The molecule has 0 aliphatic heterocycles. The fourth-order valence-corrected chi connectivity index (χ4v) is 2.02. The zero-order chi connectivity index (χ0) is 15.6. The van der Waals surface area contributed by atoms with E-state index in [2.05, 4.69) is 26.3 Å². The Balaban J connectivity index is 2.22. The van der Waals surface area contributed by atoms with Crippen molar-refractivity contribution in [2.75, 3.05) is 5.73 Å². The van der Waals surface area contributed by atoms with Gasteiger partial charge in [0, 0.05) is 34.5 Å². The molecule has 1 heterocycles. The van der Waals surface area contributed by atoms with E-state index >= 15 is 0 Å². The number of halogens is 1. The van der Waals surface area contributed by atoms with Gasteiger partial charge in [-0.15, -0.1) is 0 Å². The van der Waals surface area contributed by atoms with Crippen LogP contribution in [0, 0.1) is 0 Å². The van der Waals surface area contributed by atoms with Crippen LogP contribution in [0.15, 0.2) is 35.1 Å². The third-order valence-corrected chi connectivity index (χ3v) is 3.56. The van der Waals surface area contributed by atoms with Crippen molar-refractivity contribution >= 4 is 33.5 Å². The number of aromatic nitrogens is 2. The van der Waals surface area contributed by atoms with Crippen LogP contribution in [0.5, 0.6) is 0 Å². The van der Waals surface area contributed by atoms with E-state index in [-0.39, 0.29) is 5.56 Å². The van der Waals surface area contributed by atoms with Gasteiger partial charge in [-0.3, -0.25) is 9.48 Å². The first-order valence-electron chi connectivity index (χ1n) is 5.95. The molecule has 0 spiro atoms. The third-order valence-electron chi connectivity index (χ3n) is 2.84. The zero-order valence-electron chi connectivity index (χ0n) is 11.1. The molecule has 0 fully saturated rings. The molecule has 1 atom stereocenters. The number of carbonyl (C=O) groups is 2. The first kappa shape index (κ1) is 15.0. The third kappa shape index (κ3) is 3.40. The average Bonchev–Trinajstić information content (AvgIpc) is 2.84. The van der Waals surface area contributed by atoms with Crippen LogP contribution in [0.25, 0.3) is 0 Å². The van der Waals surface area contributed by atoms with E-state index in [1.807, 2.05) is 0 Å². The Morgan fingerprint density at radius 1 is 1.48 bits per heavy atom. The highest BCUT2D eigenvalue weighted by Crippen LogP contribution is 2.21. The van der Waals surface area contributed by atoms with Gasteiger partial charge in [0.2, 0.25) is 0 Å². The van der Waals surface area contributed by atoms with Gasteiger partial charge >= 0.3 is 5.97 Å². The second-order valence-electron chi connectivity index (χ2n) is 4.43. The molecule has 0 aliphatic rings. The van der Waals surface area contributed by atoms with Gasteiger partial charge in [0.1, 0.15) is 0 Å². The molecule has 1 amide bonds. The number of hydrogen-bond donors (Lipinski definition) is 3. The van der Waals surface area contributed by atoms with Crippen LogP contribution in [0.3, 0.4) is 0 Å². The Morgan fingerprint density at radius 3 is 2.71 bits per heavy atom. The second-order valence-corrected chi connectivity index (χ2v) is 5.28. The number of carbonyl (C=O) groups excluding carboxylic acids is 1. The summed E-state index contributed by atoms with van der Waals surface area (Å²) < 4.78 is 2.13. The number of hydrogen-bond acceptors (Lipinski definition) is 4. The van der Waals surface area contributed by atoms with Crippen molar-refractivity contribution in [2.24, 2.45) is 7.05 Å². The lowest BCUT2D eigenvalue weighted by atomic mass is 10.1. The maximum absolute atomic E-state index is 12.1. The molecule has 0 saturated carbocycles. The number of nitrogens with two attached hydrogens (primary N) is 1. The highest BCUT2D eigenvalue weighted by Gasteiger charge is 2.24. The van der Waals surface area contributed by atoms with E-state index in [0.717, 1.165) is 0 Å². The number of aliphatic carboxylic acids is 1. The van der Waals surface area contributed by atoms with Crippen LogP contribution in [0.1, 0.15) is 22.0 Å². The van der Waals surface area contributed by atoms with Crippen LogP contribution >= 0.6 is 15.9 Å². The molecule has 1 unspecified atom stereocenters. The molecule has 0 radical (unpaired) electrons. The fraction of sp³-hybridized carbons (Fsp3) is 0.154. The molecule has 2 aromatic rings. The molecule has 8 heteroatoms. The van der Waals surface area contributed by atoms with Gasteiger partial charge < -0.3 is 16.2 Å². The molecule has 0 aliphatic carbocycles. The van der Waals surface area contributed by atoms with Gasteiger partial charge in [-0.1, -0.05) is 0 Å². The number of nitrogens with one attached hydrogen (secondary N) is 1. The monoisotopic (exact) mass is 352 g/mol. The average molecular weight is 353 g/mol. The van der Waals surface area contributed by atoms with Gasteiger partial charge in [0.15, 0.2) is 6.04 Å². The largest absolute Gasteiger partial charge is 0.479 e. The highest BCUT2D eigenvalue weighted by atomic mass is 79.9. The van der Waals surface area contributed by atoms with E-state index in [9.17, 15) is 14.7 Å². The van der Waals surface area contributed by atoms with Crippen molar-refractivity contribution in [3.63, 3.8) is 0 Å². The molecular formula is C13H13BrN4O3. The molecule has 110 valence electrons. The van der Waals surface area contributed by atoms with Crippen molar-refractivity contribution in [3.8, 4) is 0 Å². The van der Waals surface area contributed by atoms with Crippen LogP contribution in [-0.2, 0) is 11.8 Å². The maximum atomic E-state index is 12.1. The van der Waals surface area contributed by atoms with Gasteiger partial charge in [-0.2, -0.15) is 5.10 Å². The van der Waals surface area contributed by atoms with E-state index < -0.39 is 17.9 Å². The minimum atomic E-state index is -1.17. The van der Waals surface area contributed by atoms with Crippen LogP contribution < -0.4 is 11.1 Å². The number of rotatable bonds is 4. The molecule has 0 saturated heterocycles. The van der Waals surface area contributed by atoms with Crippen molar-refractivity contribution in [1.82, 2.24) is 15.1 Å². The molecule has 1 aromatic heterocycles. The van der Waals surface area contributed by atoms with E-state index in [1.165, 1.54) is 23.1 Å². The van der Waals surface area contributed by atoms with Crippen LogP contribution in [0.2, 0.25) is 0 Å². The lowest BCUT2D eigenvalue weighted by Gasteiger charge is -2.13. The Kier molecular flexibility index (Phi) is 4.27. The minimum Gasteiger partial charge on any atom is -0.479 e. The summed E-state index contributed by atoms with van der Waals surface area (Å²) in [4.78, 5) is 23.4. The van der Waals surface area contributed by atoms with Crippen LogP contribution in [-0.4, -0.2) is 26.8 Å². The predicted octanol–water partition coefficient (Wildman–Crippen LogP) is 1.32. The number of nitrogen functional groups attached to an aromatic ring is 1. The van der Waals surface area contributed by atoms with E-state index in [1.54, 1.807) is 19.2 Å². The number of aryl methyl sites for hydroxylation is 1. The summed E-state index contributed by atoms with van der Waals surface area (Å²) in [7, 11) is 1.67. The Bertz CT molecular complexity index is 698. The summed E-state index contributed by atoms with van der Waals surface area (Å²) in [6, 6.07) is 3.49. The lowest BCUT2D eigenvalue weighted by molar-refractivity contribution is -0.139. The maximum Gasteiger partial charge on any atom is 0.331 e. The van der Waals surface area contributed by atoms with Crippen LogP contribution in [0.4, 0.5) is 5.69 Å². The smallest absolute Gasteiger partial charge is 0.331 e. The molecule has 21 heavy (non-hydrogen) atoms. The summed E-state index contributed by atoms with van der Waals surface area (Å²) in [5.74, 6) is -1.69. The van der Waals surface area contributed by atoms with Gasteiger partial charge in [0.25, 0.3) is 5.91 Å². The molecule has 0 bridgehead atoms. The molecule has 4 N–H and O–H groups in total. The van der Waals surface area contributed by atoms with Gasteiger partial charge in [-0.25, -0.2) is 4.79 Å². The van der Waals surface area contributed by atoms with E-state index in [4.69, 9.17) is 5.73 Å². The van der Waals surface area contributed by atoms with Gasteiger partial charge in [0.05, 0.1) is 6.20 Å². The second kappa shape index (κ2) is 5.96. The predicted molar refractivity (Wildman–Crippen MR) is 79.6 cm³/mol. The SMILES string of the molecule is Cn1cc(C(NC(=O)c2ccc(Br)c(N)c2)C(=O)O)cn1.